The predicted molar refractivity (Wildman–Crippen MR) is 63.2 cm³/mol. The van der Waals surface area contributed by atoms with Gasteiger partial charge in [0.05, 0.1) is 5.69 Å². The van der Waals surface area contributed by atoms with Gasteiger partial charge in [-0.3, -0.25) is 0 Å². The third-order valence-corrected chi connectivity index (χ3v) is 2.95. The predicted octanol–water partition coefficient (Wildman–Crippen LogP) is 0.888. The summed E-state index contributed by atoms with van der Waals surface area (Å²) >= 11 is 0. The first-order chi connectivity index (χ1) is 8.34. The molecule has 2 aromatic heterocycles. The summed E-state index contributed by atoms with van der Waals surface area (Å²) in [6.45, 7) is 3.86. The Bertz CT molecular complexity index is 538. The topological polar surface area (TPSA) is 63.6 Å². The van der Waals surface area contributed by atoms with Gasteiger partial charge < -0.3 is 5.32 Å². The van der Waals surface area contributed by atoms with Crippen molar-refractivity contribution in [2.75, 3.05) is 6.54 Å². The quantitative estimate of drug-likeness (QED) is 0.783. The smallest absolute Gasteiger partial charge is 0.178 e. The summed E-state index contributed by atoms with van der Waals surface area (Å²) in [6, 6.07) is 1.83. The average molecular weight is 227 g/mol. The minimum atomic E-state index is 0.687. The summed E-state index contributed by atoms with van der Waals surface area (Å²) < 4.78 is 0. The van der Waals surface area contributed by atoms with Crippen LogP contribution in [-0.4, -0.2) is 26.5 Å². The number of nitrogens with zero attached hydrogens (tertiary/aromatic N) is 4. The van der Waals surface area contributed by atoms with E-state index in [1.54, 1.807) is 6.20 Å². The van der Waals surface area contributed by atoms with E-state index in [1.807, 2.05) is 13.0 Å². The Morgan fingerprint density at radius 3 is 3.06 bits per heavy atom. The summed E-state index contributed by atoms with van der Waals surface area (Å²) in [5.74, 6) is 0.687. The van der Waals surface area contributed by atoms with Crippen molar-refractivity contribution in [2.24, 2.45) is 0 Å². The van der Waals surface area contributed by atoms with Crippen molar-refractivity contribution < 1.29 is 0 Å². The molecule has 86 valence electrons. The Balaban J connectivity index is 2.11. The second kappa shape index (κ2) is 4.18. The molecule has 0 spiro atoms. The van der Waals surface area contributed by atoms with Crippen molar-refractivity contribution in [3.8, 4) is 11.5 Å². The molecule has 3 rings (SSSR count). The summed E-state index contributed by atoms with van der Waals surface area (Å²) in [7, 11) is 0. The van der Waals surface area contributed by atoms with Gasteiger partial charge in [0.25, 0.3) is 0 Å². The van der Waals surface area contributed by atoms with Gasteiger partial charge >= 0.3 is 0 Å². The van der Waals surface area contributed by atoms with Crippen LogP contribution in [0.25, 0.3) is 11.5 Å². The van der Waals surface area contributed by atoms with Gasteiger partial charge in [-0.1, -0.05) is 0 Å². The molecular weight excluding hydrogens is 214 g/mol. The zero-order valence-electron chi connectivity index (χ0n) is 9.64. The van der Waals surface area contributed by atoms with Gasteiger partial charge in [0.1, 0.15) is 12.0 Å². The normalized spacial score (nSPS) is 14.4. The van der Waals surface area contributed by atoms with Crippen LogP contribution < -0.4 is 5.32 Å². The van der Waals surface area contributed by atoms with Gasteiger partial charge in [-0.15, -0.1) is 0 Å². The second-order valence-corrected chi connectivity index (χ2v) is 4.08. The lowest BCUT2D eigenvalue weighted by Gasteiger charge is -2.18. The van der Waals surface area contributed by atoms with E-state index in [0.29, 0.717) is 5.82 Å². The Labute approximate surface area is 99.4 Å². The molecule has 0 saturated heterocycles. The molecule has 0 fully saturated rings. The fourth-order valence-electron chi connectivity index (χ4n) is 2.08. The molecule has 3 heterocycles. The van der Waals surface area contributed by atoms with Crippen LogP contribution in [0, 0.1) is 6.92 Å². The second-order valence-electron chi connectivity index (χ2n) is 4.08. The Morgan fingerprint density at radius 2 is 2.24 bits per heavy atom. The highest BCUT2D eigenvalue weighted by Gasteiger charge is 2.15. The third kappa shape index (κ3) is 1.89. The lowest BCUT2D eigenvalue weighted by Crippen LogP contribution is -2.26. The number of nitrogens with one attached hydrogen (secondary N) is 1. The summed E-state index contributed by atoms with van der Waals surface area (Å²) in [6.07, 6.45) is 4.23. The minimum absolute atomic E-state index is 0.687. The lowest BCUT2D eigenvalue weighted by molar-refractivity contribution is 0.620. The highest BCUT2D eigenvalue weighted by molar-refractivity contribution is 5.49. The molecule has 1 N–H and O–H groups in total. The molecule has 0 saturated carbocycles. The zero-order chi connectivity index (χ0) is 11.7. The highest BCUT2D eigenvalue weighted by atomic mass is 15.0. The van der Waals surface area contributed by atoms with Gasteiger partial charge in [-0.2, -0.15) is 0 Å². The van der Waals surface area contributed by atoms with Crippen molar-refractivity contribution in [3.05, 3.63) is 35.5 Å². The SMILES string of the molecule is Cc1nc(-c2ccncn2)nc2c1CCNC2. The molecule has 17 heavy (non-hydrogen) atoms. The van der Waals surface area contributed by atoms with Crippen LogP contribution in [0.4, 0.5) is 0 Å². The highest BCUT2D eigenvalue weighted by Crippen LogP contribution is 2.19. The van der Waals surface area contributed by atoms with E-state index in [4.69, 9.17) is 0 Å². The van der Waals surface area contributed by atoms with Gasteiger partial charge in [0, 0.05) is 18.4 Å². The number of fused-ring (bicyclic) bond motifs is 1. The van der Waals surface area contributed by atoms with Crippen LogP contribution in [0.1, 0.15) is 17.0 Å². The van der Waals surface area contributed by atoms with Gasteiger partial charge in [0.2, 0.25) is 0 Å². The molecule has 5 nitrogen and oxygen atoms in total. The molecule has 0 amide bonds. The first kappa shape index (κ1) is 10.3. The molecule has 0 bridgehead atoms. The summed E-state index contributed by atoms with van der Waals surface area (Å²) in [5, 5.41) is 3.32. The van der Waals surface area contributed by atoms with Crippen molar-refractivity contribution >= 4 is 0 Å². The van der Waals surface area contributed by atoms with E-state index >= 15 is 0 Å². The van der Waals surface area contributed by atoms with Gasteiger partial charge in [-0.05, 0) is 31.5 Å². The Morgan fingerprint density at radius 1 is 1.29 bits per heavy atom. The van der Waals surface area contributed by atoms with Crippen molar-refractivity contribution in [1.82, 2.24) is 25.3 Å². The van der Waals surface area contributed by atoms with Crippen LogP contribution in [0.3, 0.4) is 0 Å². The first-order valence-electron chi connectivity index (χ1n) is 5.68. The van der Waals surface area contributed by atoms with Crippen LogP contribution in [0.5, 0.6) is 0 Å². The molecule has 0 atom stereocenters. The number of aromatic nitrogens is 4. The fraction of sp³-hybridized carbons (Fsp3) is 0.333. The fourth-order valence-corrected chi connectivity index (χ4v) is 2.08. The van der Waals surface area contributed by atoms with E-state index in [0.717, 1.165) is 36.6 Å². The number of hydrogen-bond donors (Lipinski definition) is 1. The maximum Gasteiger partial charge on any atom is 0.178 e. The monoisotopic (exact) mass is 227 g/mol. The molecule has 0 aromatic carbocycles. The Hall–Kier alpha value is -1.88. The largest absolute Gasteiger partial charge is 0.311 e. The van der Waals surface area contributed by atoms with Crippen LogP contribution in [-0.2, 0) is 13.0 Å². The van der Waals surface area contributed by atoms with Gasteiger partial charge in [-0.25, -0.2) is 19.9 Å². The van der Waals surface area contributed by atoms with E-state index < -0.39 is 0 Å². The third-order valence-electron chi connectivity index (χ3n) is 2.95. The molecule has 2 aromatic rings. The number of hydrogen-bond acceptors (Lipinski definition) is 5. The van der Waals surface area contributed by atoms with Crippen molar-refractivity contribution in [1.29, 1.82) is 0 Å². The van der Waals surface area contributed by atoms with Crippen LogP contribution in [0.2, 0.25) is 0 Å². The number of aryl methyl sites for hydroxylation is 1. The minimum Gasteiger partial charge on any atom is -0.311 e. The lowest BCUT2D eigenvalue weighted by atomic mass is 10.0. The Kier molecular flexibility index (Phi) is 2.53. The molecule has 0 unspecified atom stereocenters. The first-order valence-corrected chi connectivity index (χ1v) is 5.68. The standard InChI is InChI=1S/C12H13N5/c1-8-9-2-4-13-6-11(9)17-12(16-8)10-3-5-14-7-15-10/h3,5,7,13H,2,4,6H2,1H3. The number of rotatable bonds is 1. The van der Waals surface area contributed by atoms with E-state index in [9.17, 15) is 0 Å². The molecule has 0 radical (unpaired) electrons. The molecular formula is C12H13N5. The van der Waals surface area contributed by atoms with Gasteiger partial charge in [0.15, 0.2) is 5.82 Å². The van der Waals surface area contributed by atoms with Crippen LogP contribution >= 0.6 is 0 Å². The molecule has 1 aliphatic rings. The van der Waals surface area contributed by atoms with E-state index in [2.05, 4.69) is 25.3 Å². The maximum atomic E-state index is 4.58. The average Bonchev–Trinajstić information content (AvgIpc) is 2.40. The zero-order valence-corrected chi connectivity index (χ0v) is 9.64. The molecule has 5 heteroatoms. The molecule has 1 aliphatic heterocycles. The van der Waals surface area contributed by atoms with Crippen molar-refractivity contribution in [3.63, 3.8) is 0 Å². The maximum absolute atomic E-state index is 4.58. The summed E-state index contributed by atoms with van der Waals surface area (Å²) in [5.41, 5.74) is 4.21. The van der Waals surface area contributed by atoms with E-state index in [1.165, 1.54) is 11.9 Å². The molecule has 0 aliphatic carbocycles. The summed E-state index contributed by atoms with van der Waals surface area (Å²) in [4.78, 5) is 17.2. The van der Waals surface area contributed by atoms with Crippen molar-refractivity contribution in [2.45, 2.75) is 19.9 Å². The van der Waals surface area contributed by atoms with E-state index in [-0.39, 0.29) is 0 Å². The van der Waals surface area contributed by atoms with Crippen LogP contribution in [0.15, 0.2) is 18.6 Å².